The number of nitrogens with one attached hydrogen (secondary N) is 2. The average Bonchev–Trinajstić information content (AvgIpc) is 2.78. The van der Waals surface area contributed by atoms with Gasteiger partial charge in [0, 0.05) is 12.2 Å². The van der Waals surface area contributed by atoms with Gasteiger partial charge in [0.1, 0.15) is 5.75 Å². The highest BCUT2D eigenvalue weighted by Gasteiger charge is 2.10. The lowest BCUT2D eigenvalue weighted by Gasteiger charge is -2.10. The summed E-state index contributed by atoms with van der Waals surface area (Å²) in [6.07, 6.45) is 0. The molecule has 0 atom stereocenters. The molecule has 0 fully saturated rings. The number of methoxy groups -OCH3 is 3. The number of benzene rings is 2. The van der Waals surface area contributed by atoms with Crippen LogP contribution in [0.5, 0.6) is 17.2 Å². The zero-order valence-electron chi connectivity index (χ0n) is 16.4. The molecule has 1 aromatic heterocycles. The Morgan fingerprint density at radius 3 is 2.24 bits per heavy atom. The van der Waals surface area contributed by atoms with Crippen molar-refractivity contribution in [2.24, 2.45) is 0 Å². The van der Waals surface area contributed by atoms with Crippen LogP contribution in [0.3, 0.4) is 0 Å². The third-order valence-corrected chi connectivity index (χ3v) is 4.16. The van der Waals surface area contributed by atoms with E-state index >= 15 is 0 Å². The number of ether oxygens (including phenoxy) is 3. The van der Waals surface area contributed by atoms with Crippen molar-refractivity contribution >= 4 is 17.4 Å². The van der Waals surface area contributed by atoms with Crippen molar-refractivity contribution in [2.45, 2.75) is 6.54 Å². The van der Waals surface area contributed by atoms with Crippen molar-refractivity contribution in [3.05, 3.63) is 65.9 Å². The zero-order chi connectivity index (χ0) is 20.6. The number of hydrogen-bond donors (Lipinski definition) is 2. The molecule has 0 aliphatic heterocycles. The molecule has 3 aromatic rings. The normalized spacial score (nSPS) is 10.2. The van der Waals surface area contributed by atoms with Crippen molar-refractivity contribution in [1.82, 2.24) is 15.5 Å². The maximum atomic E-state index is 12.3. The lowest BCUT2D eigenvalue weighted by atomic mass is 10.2. The Hall–Kier alpha value is -3.81. The first-order valence-electron chi connectivity index (χ1n) is 8.87. The molecule has 0 spiro atoms. The molecular weight excluding hydrogens is 372 g/mol. The molecule has 150 valence electrons. The van der Waals surface area contributed by atoms with Gasteiger partial charge in [0.15, 0.2) is 23.0 Å². The molecule has 0 bridgehead atoms. The van der Waals surface area contributed by atoms with Crippen LogP contribution in [0.15, 0.2) is 54.6 Å². The van der Waals surface area contributed by atoms with Crippen molar-refractivity contribution in [2.75, 3.05) is 26.6 Å². The van der Waals surface area contributed by atoms with E-state index < -0.39 is 0 Å². The van der Waals surface area contributed by atoms with Crippen LogP contribution in [0.4, 0.5) is 11.5 Å². The molecule has 2 N–H and O–H groups in total. The second-order valence-electron chi connectivity index (χ2n) is 6.03. The summed E-state index contributed by atoms with van der Waals surface area (Å²) < 4.78 is 15.6. The topological polar surface area (TPSA) is 94.6 Å². The van der Waals surface area contributed by atoms with Gasteiger partial charge >= 0.3 is 0 Å². The van der Waals surface area contributed by atoms with Gasteiger partial charge in [-0.15, -0.1) is 10.2 Å². The quantitative estimate of drug-likeness (QED) is 0.606. The zero-order valence-corrected chi connectivity index (χ0v) is 16.4. The molecule has 0 saturated carbocycles. The van der Waals surface area contributed by atoms with E-state index in [1.807, 2.05) is 36.4 Å². The van der Waals surface area contributed by atoms with E-state index in [1.165, 1.54) is 0 Å². The number of carbonyl (C=O) groups is 1. The Kier molecular flexibility index (Phi) is 6.47. The molecular formula is C21H22N4O4. The molecule has 8 nitrogen and oxygen atoms in total. The summed E-state index contributed by atoms with van der Waals surface area (Å²) in [5.41, 5.74) is 1.94. The van der Waals surface area contributed by atoms with E-state index in [0.717, 1.165) is 17.0 Å². The van der Waals surface area contributed by atoms with E-state index in [-0.39, 0.29) is 11.6 Å². The van der Waals surface area contributed by atoms with Gasteiger partial charge in [-0.3, -0.25) is 4.79 Å². The van der Waals surface area contributed by atoms with Gasteiger partial charge in [0.05, 0.1) is 21.3 Å². The number of amides is 1. The maximum Gasteiger partial charge on any atom is 0.272 e. The monoisotopic (exact) mass is 394 g/mol. The van der Waals surface area contributed by atoms with Crippen LogP contribution < -0.4 is 24.8 Å². The molecule has 0 unspecified atom stereocenters. The fraction of sp³-hybridized carbons (Fsp3) is 0.190. The number of hydrogen-bond acceptors (Lipinski definition) is 7. The van der Waals surface area contributed by atoms with E-state index in [1.54, 1.807) is 39.5 Å². The third kappa shape index (κ3) is 5.13. The summed E-state index contributed by atoms with van der Waals surface area (Å²) in [5, 5.41) is 14.0. The Morgan fingerprint density at radius 1 is 0.862 bits per heavy atom. The lowest BCUT2D eigenvalue weighted by molar-refractivity contribution is 0.0945. The SMILES string of the molecule is COc1ccc(Nc2ccc(C(=O)NCc3ccc(OC)c(OC)c3)nn2)cc1. The van der Waals surface area contributed by atoms with E-state index in [4.69, 9.17) is 14.2 Å². The molecule has 3 rings (SSSR count). The van der Waals surface area contributed by atoms with Gasteiger partial charge in [-0.2, -0.15) is 0 Å². The predicted molar refractivity (Wildman–Crippen MR) is 109 cm³/mol. The summed E-state index contributed by atoms with van der Waals surface area (Å²) in [6, 6.07) is 16.2. The summed E-state index contributed by atoms with van der Waals surface area (Å²) in [7, 11) is 4.76. The van der Waals surface area contributed by atoms with Gasteiger partial charge in [-0.05, 0) is 54.1 Å². The van der Waals surface area contributed by atoms with Crippen LogP contribution in [0.25, 0.3) is 0 Å². The Balaban J connectivity index is 1.58. The van der Waals surface area contributed by atoms with Gasteiger partial charge in [-0.25, -0.2) is 0 Å². The largest absolute Gasteiger partial charge is 0.497 e. The smallest absolute Gasteiger partial charge is 0.272 e. The number of anilines is 2. The van der Waals surface area contributed by atoms with Gasteiger partial charge < -0.3 is 24.8 Å². The van der Waals surface area contributed by atoms with Crippen LogP contribution in [0, 0.1) is 0 Å². The minimum atomic E-state index is -0.316. The number of carbonyl (C=O) groups excluding carboxylic acids is 1. The Labute approximate surface area is 168 Å². The first-order valence-corrected chi connectivity index (χ1v) is 8.87. The summed E-state index contributed by atoms with van der Waals surface area (Å²) in [5.74, 6) is 2.22. The van der Waals surface area contributed by atoms with Crippen LogP contribution in [0.1, 0.15) is 16.1 Å². The number of aromatic nitrogens is 2. The van der Waals surface area contributed by atoms with Crippen molar-refractivity contribution in [1.29, 1.82) is 0 Å². The van der Waals surface area contributed by atoms with E-state index in [0.29, 0.717) is 23.9 Å². The standard InChI is InChI=1S/C21H22N4O4/c1-27-16-7-5-15(6-8-16)23-20-11-9-17(24-25-20)21(26)22-13-14-4-10-18(28-2)19(12-14)29-3/h4-12H,13H2,1-3H3,(H,22,26)(H,23,25). The fourth-order valence-electron chi connectivity index (χ4n) is 2.61. The average molecular weight is 394 g/mol. The predicted octanol–water partition coefficient (Wildman–Crippen LogP) is 3.18. The Bertz CT molecular complexity index is 959. The molecule has 29 heavy (non-hydrogen) atoms. The van der Waals surface area contributed by atoms with Gasteiger partial charge in [0.2, 0.25) is 0 Å². The van der Waals surface area contributed by atoms with Crippen molar-refractivity contribution in [3.63, 3.8) is 0 Å². The van der Waals surface area contributed by atoms with E-state index in [2.05, 4.69) is 20.8 Å². The minimum Gasteiger partial charge on any atom is -0.497 e. The highest BCUT2D eigenvalue weighted by atomic mass is 16.5. The molecule has 2 aromatic carbocycles. The molecule has 8 heteroatoms. The third-order valence-electron chi connectivity index (χ3n) is 4.16. The maximum absolute atomic E-state index is 12.3. The van der Waals surface area contributed by atoms with Crippen LogP contribution in [-0.2, 0) is 6.54 Å². The highest BCUT2D eigenvalue weighted by molar-refractivity contribution is 5.92. The summed E-state index contributed by atoms with van der Waals surface area (Å²) in [4.78, 5) is 12.3. The second-order valence-corrected chi connectivity index (χ2v) is 6.03. The van der Waals surface area contributed by atoms with Crippen molar-refractivity contribution < 1.29 is 19.0 Å². The number of nitrogens with zero attached hydrogens (tertiary/aromatic N) is 2. The molecule has 0 saturated heterocycles. The van der Waals surface area contributed by atoms with Crippen LogP contribution in [-0.4, -0.2) is 37.4 Å². The minimum absolute atomic E-state index is 0.228. The summed E-state index contributed by atoms with van der Waals surface area (Å²) in [6.45, 7) is 0.326. The van der Waals surface area contributed by atoms with E-state index in [9.17, 15) is 4.79 Å². The molecule has 0 aliphatic rings. The van der Waals surface area contributed by atoms with Gasteiger partial charge in [0.25, 0.3) is 5.91 Å². The Morgan fingerprint density at radius 2 is 1.62 bits per heavy atom. The molecule has 0 aliphatic carbocycles. The second kappa shape index (κ2) is 9.41. The lowest BCUT2D eigenvalue weighted by Crippen LogP contribution is -2.24. The first kappa shape index (κ1) is 19.9. The molecule has 0 radical (unpaired) electrons. The highest BCUT2D eigenvalue weighted by Crippen LogP contribution is 2.27. The fourth-order valence-corrected chi connectivity index (χ4v) is 2.61. The number of rotatable bonds is 8. The molecule has 1 heterocycles. The van der Waals surface area contributed by atoms with Crippen LogP contribution in [0.2, 0.25) is 0 Å². The molecule has 1 amide bonds. The first-order chi connectivity index (χ1) is 14.1. The van der Waals surface area contributed by atoms with Gasteiger partial charge in [-0.1, -0.05) is 6.07 Å². The summed E-state index contributed by atoms with van der Waals surface area (Å²) >= 11 is 0. The van der Waals surface area contributed by atoms with Crippen molar-refractivity contribution in [3.8, 4) is 17.2 Å². The van der Waals surface area contributed by atoms with Crippen LogP contribution >= 0.6 is 0 Å².